The third-order valence-corrected chi connectivity index (χ3v) is 3.64. The molecule has 7 nitrogen and oxygen atoms in total. The first kappa shape index (κ1) is 20.4. The second-order valence-corrected chi connectivity index (χ2v) is 5.79. The van der Waals surface area contributed by atoms with Crippen molar-refractivity contribution in [2.24, 2.45) is 0 Å². The Kier molecular flexibility index (Phi) is 6.21. The van der Waals surface area contributed by atoms with Gasteiger partial charge in [0.2, 0.25) is 5.91 Å². The van der Waals surface area contributed by atoms with E-state index in [1.54, 1.807) is 0 Å². The Hall–Kier alpha value is -2.88. The molecule has 0 fully saturated rings. The van der Waals surface area contributed by atoms with E-state index in [9.17, 15) is 22.8 Å². The molecular formula is C17H18F3N3O4. The van der Waals surface area contributed by atoms with E-state index in [1.165, 1.54) is 38.6 Å². The van der Waals surface area contributed by atoms with Crippen molar-refractivity contribution >= 4 is 5.91 Å². The number of nitrogens with zero attached hydrogens (tertiary/aromatic N) is 3. The van der Waals surface area contributed by atoms with Crippen LogP contribution >= 0.6 is 0 Å². The van der Waals surface area contributed by atoms with Crippen molar-refractivity contribution in [2.75, 3.05) is 28.0 Å². The lowest BCUT2D eigenvalue weighted by molar-refractivity contribution is -0.137. The smallest absolute Gasteiger partial charge is 0.416 e. The Bertz CT molecular complexity index is 878. The zero-order chi connectivity index (χ0) is 20.2. The molecule has 0 N–H and O–H groups in total. The van der Waals surface area contributed by atoms with Gasteiger partial charge in [0.1, 0.15) is 12.3 Å². The maximum atomic E-state index is 13.0. The number of alkyl halides is 3. The number of likely N-dealkylation sites (N-methyl/N-ethyl adjacent to an activating group) is 1. The zero-order valence-electron chi connectivity index (χ0n) is 14.9. The first-order valence-electron chi connectivity index (χ1n) is 7.73. The minimum Gasteiger partial charge on any atom is -0.467 e. The van der Waals surface area contributed by atoms with E-state index in [0.717, 1.165) is 22.8 Å². The van der Waals surface area contributed by atoms with Gasteiger partial charge in [-0.05, 0) is 18.2 Å². The summed E-state index contributed by atoms with van der Waals surface area (Å²) >= 11 is 0. The highest BCUT2D eigenvalue weighted by Crippen LogP contribution is 2.36. The summed E-state index contributed by atoms with van der Waals surface area (Å²) in [6, 6.07) is 2.76. The number of halogens is 3. The first-order valence-corrected chi connectivity index (χ1v) is 7.73. The van der Waals surface area contributed by atoms with Crippen LogP contribution in [-0.4, -0.2) is 48.4 Å². The number of aromatic nitrogens is 2. The minimum absolute atomic E-state index is 0.00360. The van der Waals surface area contributed by atoms with Crippen molar-refractivity contribution in [1.82, 2.24) is 14.5 Å². The van der Waals surface area contributed by atoms with Gasteiger partial charge in [0.25, 0.3) is 5.56 Å². The maximum Gasteiger partial charge on any atom is 0.416 e. The average molecular weight is 385 g/mol. The van der Waals surface area contributed by atoms with Crippen LogP contribution in [0, 0.1) is 0 Å². The number of ether oxygens (including phenoxy) is 2. The largest absolute Gasteiger partial charge is 0.467 e. The summed E-state index contributed by atoms with van der Waals surface area (Å²) in [6.07, 6.45) is -2.18. The predicted octanol–water partition coefficient (Wildman–Crippen LogP) is 2.00. The van der Waals surface area contributed by atoms with Crippen LogP contribution in [-0.2, 0) is 22.3 Å². The maximum absolute atomic E-state index is 13.0. The molecule has 0 aliphatic rings. The topological polar surface area (TPSA) is 73.7 Å². The molecule has 2 rings (SSSR count). The third-order valence-electron chi connectivity index (χ3n) is 3.64. The Morgan fingerprint density at radius 1 is 1.26 bits per heavy atom. The van der Waals surface area contributed by atoms with Crippen molar-refractivity contribution < 1.29 is 27.4 Å². The van der Waals surface area contributed by atoms with Crippen LogP contribution in [0.5, 0.6) is 5.75 Å². The van der Waals surface area contributed by atoms with Gasteiger partial charge >= 0.3 is 6.18 Å². The van der Waals surface area contributed by atoms with Crippen LogP contribution < -0.4 is 10.3 Å². The highest BCUT2D eigenvalue weighted by Gasteiger charge is 2.31. The molecule has 0 unspecified atom stereocenters. The zero-order valence-corrected chi connectivity index (χ0v) is 14.9. The van der Waals surface area contributed by atoms with Gasteiger partial charge in [0.05, 0.1) is 17.5 Å². The number of amides is 1. The van der Waals surface area contributed by atoms with Gasteiger partial charge in [-0.15, -0.1) is 0 Å². The summed E-state index contributed by atoms with van der Waals surface area (Å²) in [5, 5.41) is 0. The molecule has 1 heterocycles. The lowest BCUT2D eigenvalue weighted by Gasteiger charge is -2.15. The number of rotatable bonds is 6. The average Bonchev–Trinajstić information content (AvgIpc) is 2.60. The molecule has 146 valence electrons. The number of hydrogen-bond acceptors (Lipinski definition) is 5. The predicted molar refractivity (Wildman–Crippen MR) is 90.1 cm³/mol. The summed E-state index contributed by atoms with van der Waals surface area (Å²) in [7, 11) is 4.39. The van der Waals surface area contributed by atoms with Crippen molar-refractivity contribution in [3.05, 3.63) is 46.6 Å². The molecular weight excluding hydrogens is 367 g/mol. The Morgan fingerprint density at radius 2 is 1.96 bits per heavy atom. The Balaban J connectivity index is 2.53. The quantitative estimate of drug-likeness (QED) is 0.711. The van der Waals surface area contributed by atoms with Gasteiger partial charge < -0.3 is 14.4 Å². The van der Waals surface area contributed by atoms with Crippen LogP contribution in [0.2, 0.25) is 0 Å². The van der Waals surface area contributed by atoms with Crippen molar-refractivity contribution in [3.8, 4) is 16.9 Å². The van der Waals surface area contributed by atoms with Gasteiger partial charge in [-0.3, -0.25) is 14.2 Å². The highest BCUT2D eigenvalue weighted by atomic mass is 19.4. The Morgan fingerprint density at radius 3 is 2.56 bits per heavy atom. The van der Waals surface area contributed by atoms with Gasteiger partial charge in [-0.1, -0.05) is 0 Å². The molecule has 1 amide bonds. The van der Waals surface area contributed by atoms with Crippen LogP contribution in [0.3, 0.4) is 0 Å². The second-order valence-electron chi connectivity index (χ2n) is 5.79. The van der Waals surface area contributed by atoms with E-state index in [-0.39, 0.29) is 36.1 Å². The summed E-state index contributed by atoms with van der Waals surface area (Å²) < 4.78 is 50.0. The van der Waals surface area contributed by atoms with Crippen LogP contribution in [0.15, 0.2) is 35.5 Å². The fourth-order valence-corrected chi connectivity index (χ4v) is 2.20. The van der Waals surface area contributed by atoms with E-state index in [1.807, 2.05) is 0 Å². The molecule has 0 bridgehead atoms. The normalized spacial score (nSPS) is 11.3. The van der Waals surface area contributed by atoms with E-state index < -0.39 is 17.3 Å². The number of carbonyl (C=O) groups excluding carboxylic acids is 1. The van der Waals surface area contributed by atoms with Crippen molar-refractivity contribution in [2.45, 2.75) is 12.7 Å². The van der Waals surface area contributed by atoms with Crippen molar-refractivity contribution in [3.63, 3.8) is 0 Å². The van der Waals surface area contributed by atoms with Crippen LogP contribution in [0.4, 0.5) is 13.2 Å². The summed E-state index contributed by atoms with van der Waals surface area (Å²) in [5.41, 5.74) is -1.39. The molecule has 1 aromatic heterocycles. The second kappa shape index (κ2) is 8.21. The van der Waals surface area contributed by atoms with Crippen LogP contribution in [0.25, 0.3) is 11.1 Å². The van der Waals surface area contributed by atoms with E-state index in [4.69, 9.17) is 9.47 Å². The molecule has 0 radical (unpaired) electrons. The van der Waals surface area contributed by atoms with Gasteiger partial charge in [0.15, 0.2) is 6.79 Å². The molecule has 10 heteroatoms. The molecule has 0 aliphatic heterocycles. The Labute approximate surface area is 152 Å². The summed E-state index contributed by atoms with van der Waals surface area (Å²) in [4.78, 5) is 29.7. The third kappa shape index (κ3) is 4.85. The number of methoxy groups -OCH3 is 1. The summed E-state index contributed by atoms with van der Waals surface area (Å²) in [6.45, 7) is -0.552. The SMILES string of the molecule is COCOc1cc(C(F)(F)F)ccc1-c1cncn(CC(=O)N(C)C)c1=O. The molecule has 0 saturated carbocycles. The van der Waals surface area contributed by atoms with Crippen molar-refractivity contribution in [1.29, 1.82) is 0 Å². The number of benzene rings is 1. The van der Waals surface area contributed by atoms with Gasteiger partial charge in [0, 0.05) is 33.0 Å². The monoisotopic (exact) mass is 385 g/mol. The molecule has 0 saturated heterocycles. The molecule has 0 spiro atoms. The van der Waals surface area contributed by atoms with E-state index in [2.05, 4.69) is 4.98 Å². The molecule has 27 heavy (non-hydrogen) atoms. The first-order chi connectivity index (χ1) is 12.6. The standard InChI is InChI=1S/C17H18F3N3O4/c1-22(2)15(24)8-23-9-21-7-13(16(23)25)12-5-4-11(17(18,19)20)6-14(12)27-10-26-3/h4-7,9H,8,10H2,1-3H3. The fraction of sp³-hybridized carbons (Fsp3) is 0.353. The lowest BCUT2D eigenvalue weighted by atomic mass is 10.0. The number of carbonyl (C=O) groups is 1. The summed E-state index contributed by atoms with van der Waals surface area (Å²) in [5.74, 6) is -0.512. The molecule has 2 aromatic rings. The number of hydrogen-bond donors (Lipinski definition) is 0. The van der Waals surface area contributed by atoms with E-state index >= 15 is 0 Å². The fourth-order valence-electron chi connectivity index (χ4n) is 2.20. The highest BCUT2D eigenvalue weighted by molar-refractivity contribution is 5.75. The minimum atomic E-state index is -4.57. The van der Waals surface area contributed by atoms with Crippen LogP contribution in [0.1, 0.15) is 5.56 Å². The molecule has 0 atom stereocenters. The van der Waals surface area contributed by atoms with Gasteiger partial charge in [-0.25, -0.2) is 4.98 Å². The van der Waals surface area contributed by atoms with E-state index in [0.29, 0.717) is 0 Å². The van der Waals surface area contributed by atoms with Gasteiger partial charge in [-0.2, -0.15) is 13.2 Å². The molecule has 0 aliphatic carbocycles. The lowest BCUT2D eigenvalue weighted by Crippen LogP contribution is -2.32. The molecule has 1 aromatic carbocycles.